The molecule has 1 aromatic heterocycles. The minimum atomic E-state index is -0.0156. The van der Waals surface area contributed by atoms with E-state index >= 15 is 0 Å². The molecule has 0 saturated heterocycles. The van der Waals surface area contributed by atoms with Gasteiger partial charge in [0.25, 0.3) is 5.91 Å². The molecular weight excluding hydrogens is 366 g/mol. The molecule has 1 N–H and O–H groups in total. The number of thiophene rings is 1. The molecule has 1 fully saturated rings. The zero-order valence-electron chi connectivity index (χ0n) is 9.69. The number of hydrogen-bond donors (Lipinski definition) is 1. The second-order valence-electron chi connectivity index (χ2n) is 4.81. The largest absolute Gasteiger partial charge is 0.346 e. The highest BCUT2D eigenvalue weighted by molar-refractivity contribution is 9.13. The molecule has 94 valence electrons. The quantitative estimate of drug-likeness (QED) is 0.789. The van der Waals surface area contributed by atoms with Gasteiger partial charge in [-0.05, 0) is 57.7 Å². The third kappa shape index (κ3) is 3.32. The van der Waals surface area contributed by atoms with Gasteiger partial charge in [0.15, 0.2) is 0 Å². The van der Waals surface area contributed by atoms with E-state index in [1.165, 1.54) is 30.6 Å². The van der Waals surface area contributed by atoms with E-state index in [9.17, 15) is 4.79 Å². The van der Waals surface area contributed by atoms with Crippen molar-refractivity contribution in [3.63, 3.8) is 0 Å². The van der Waals surface area contributed by atoms with Crippen molar-refractivity contribution in [2.45, 2.75) is 44.6 Å². The molecule has 1 heterocycles. The fraction of sp³-hybridized carbons (Fsp3) is 0.583. The molecule has 0 bridgehead atoms. The summed E-state index contributed by atoms with van der Waals surface area (Å²) in [6, 6.07) is 1.87. The second-order valence-corrected chi connectivity index (χ2v) is 8.03. The van der Waals surface area contributed by atoms with Crippen molar-refractivity contribution in [2.75, 3.05) is 0 Å². The maximum absolute atomic E-state index is 12.1. The van der Waals surface area contributed by atoms with Crippen LogP contribution in [0.5, 0.6) is 0 Å². The van der Waals surface area contributed by atoms with Crippen molar-refractivity contribution < 1.29 is 4.79 Å². The van der Waals surface area contributed by atoms with Crippen molar-refractivity contribution in [3.8, 4) is 0 Å². The summed E-state index contributed by atoms with van der Waals surface area (Å²) >= 11 is 8.29. The van der Waals surface area contributed by atoms with Crippen LogP contribution < -0.4 is 5.32 Å². The molecule has 1 amide bonds. The van der Waals surface area contributed by atoms with Crippen LogP contribution in [0.1, 0.15) is 48.7 Å². The first kappa shape index (κ1) is 13.6. The molecule has 0 atom stereocenters. The zero-order chi connectivity index (χ0) is 12.5. The summed E-state index contributed by atoms with van der Waals surface area (Å²) in [6.07, 6.45) is 5.91. The third-order valence-electron chi connectivity index (χ3n) is 3.24. The van der Waals surface area contributed by atoms with Gasteiger partial charge in [-0.25, -0.2) is 0 Å². The fourth-order valence-electron chi connectivity index (χ4n) is 2.25. The average molecular weight is 381 g/mol. The summed E-state index contributed by atoms with van der Waals surface area (Å²) in [5, 5.41) is 3.18. The fourth-order valence-corrected chi connectivity index (χ4v) is 4.18. The van der Waals surface area contributed by atoms with Gasteiger partial charge in [0, 0.05) is 10.0 Å². The van der Waals surface area contributed by atoms with Crippen LogP contribution in [0.15, 0.2) is 14.3 Å². The topological polar surface area (TPSA) is 29.1 Å². The van der Waals surface area contributed by atoms with E-state index in [4.69, 9.17) is 0 Å². The first-order valence-electron chi connectivity index (χ1n) is 5.77. The number of carbonyl (C=O) groups excluding carboxylic acids is 1. The van der Waals surface area contributed by atoms with Crippen LogP contribution in [-0.2, 0) is 0 Å². The van der Waals surface area contributed by atoms with Crippen LogP contribution in [0.4, 0.5) is 0 Å². The number of carbonyl (C=O) groups is 1. The van der Waals surface area contributed by atoms with Crippen LogP contribution in [0, 0.1) is 0 Å². The second kappa shape index (κ2) is 5.41. The third-order valence-corrected chi connectivity index (χ3v) is 6.50. The van der Waals surface area contributed by atoms with Crippen LogP contribution in [-0.4, -0.2) is 11.4 Å². The Hall–Kier alpha value is 0.130. The Morgan fingerprint density at radius 2 is 2.00 bits per heavy atom. The number of amides is 1. The first-order chi connectivity index (χ1) is 8.00. The predicted octanol–water partition coefficient (Wildman–Crippen LogP) is 4.73. The number of halogens is 2. The summed E-state index contributed by atoms with van der Waals surface area (Å²) in [7, 11) is 0. The summed E-state index contributed by atoms with van der Waals surface area (Å²) in [5.74, 6) is 0.0470. The average Bonchev–Trinajstić information content (AvgIpc) is 2.60. The predicted molar refractivity (Wildman–Crippen MR) is 78.7 cm³/mol. The van der Waals surface area contributed by atoms with Crippen LogP contribution in [0.3, 0.4) is 0 Å². The standard InChI is InChI=1S/C12H15Br2NOS/c1-12(5-3-2-4-6-12)15-11(16)9-7-8(13)10(14)17-9/h7H,2-6H2,1H3,(H,15,16). The van der Waals surface area contributed by atoms with Crippen molar-refractivity contribution in [1.82, 2.24) is 5.32 Å². The van der Waals surface area contributed by atoms with Crippen molar-refractivity contribution in [2.24, 2.45) is 0 Å². The number of hydrogen-bond acceptors (Lipinski definition) is 2. The molecule has 1 aromatic rings. The lowest BCUT2D eigenvalue weighted by atomic mass is 9.83. The van der Waals surface area contributed by atoms with Crippen molar-refractivity contribution in [3.05, 3.63) is 19.2 Å². The Bertz CT molecular complexity index is 405. The highest BCUT2D eigenvalue weighted by atomic mass is 79.9. The summed E-state index contributed by atoms with van der Waals surface area (Å²) in [4.78, 5) is 12.9. The van der Waals surface area contributed by atoms with Gasteiger partial charge in [0.05, 0.1) is 8.66 Å². The first-order valence-corrected chi connectivity index (χ1v) is 8.18. The molecule has 1 aliphatic rings. The molecule has 2 rings (SSSR count). The maximum Gasteiger partial charge on any atom is 0.261 e. The molecule has 1 aliphatic carbocycles. The minimum Gasteiger partial charge on any atom is -0.346 e. The highest BCUT2D eigenvalue weighted by Gasteiger charge is 2.29. The van der Waals surface area contributed by atoms with Gasteiger partial charge in [-0.3, -0.25) is 4.79 Å². The van der Waals surface area contributed by atoms with Gasteiger partial charge in [0.1, 0.15) is 0 Å². The van der Waals surface area contributed by atoms with E-state index in [0.717, 1.165) is 26.0 Å². The lowest BCUT2D eigenvalue weighted by Gasteiger charge is -2.34. The van der Waals surface area contributed by atoms with Gasteiger partial charge in [0.2, 0.25) is 0 Å². The number of rotatable bonds is 2. The maximum atomic E-state index is 12.1. The molecule has 5 heteroatoms. The molecular formula is C12H15Br2NOS. The zero-order valence-corrected chi connectivity index (χ0v) is 13.7. The Balaban J connectivity index is 2.05. The van der Waals surface area contributed by atoms with E-state index in [1.54, 1.807) is 0 Å². The minimum absolute atomic E-state index is 0.0156. The Morgan fingerprint density at radius 3 is 2.53 bits per heavy atom. The smallest absolute Gasteiger partial charge is 0.261 e. The lowest BCUT2D eigenvalue weighted by Crippen LogP contribution is -2.46. The molecule has 0 unspecified atom stereocenters. The van der Waals surface area contributed by atoms with Crippen LogP contribution in [0.25, 0.3) is 0 Å². The van der Waals surface area contributed by atoms with Gasteiger partial charge in [-0.1, -0.05) is 19.3 Å². The highest BCUT2D eigenvalue weighted by Crippen LogP contribution is 2.33. The Morgan fingerprint density at radius 1 is 1.35 bits per heavy atom. The molecule has 1 saturated carbocycles. The normalized spacial score (nSPS) is 19.0. The van der Waals surface area contributed by atoms with E-state index in [0.29, 0.717) is 0 Å². The molecule has 0 spiro atoms. The SMILES string of the molecule is CC1(NC(=O)c2cc(Br)c(Br)s2)CCCCC1. The van der Waals surface area contributed by atoms with Crippen molar-refractivity contribution >= 4 is 49.1 Å². The molecule has 2 nitrogen and oxygen atoms in total. The summed E-state index contributed by atoms with van der Waals surface area (Å²) in [5.41, 5.74) is -0.0156. The summed E-state index contributed by atoms with van der Waals surface area (Å²) in [6.45, 7) is 2.15. The van der Waals surface area contributed by atoms with Gasteiger partial charge in [-0.2, -0.15) is 0 Å². The van der Waals surface area contributed by atoms with E-state index < -0.39 is 0 Å². The monoisotopic (exact) mass is 379 g/mol. The molecule has 0 aliphatic heterocycles. The number of nitrogens with one attached hydrogen (secondary N) is 1. The van der Waals surface area contributed by atoms with Gasteiger partial charge in [-0.15, -0.1) is 11.3 Å². The lowest BCUT2D eigenvalue weighted by molar-refractivity contribution is 0.0887. The molecule has 0 aromatic carbocycles. The summed E-state index contributed by atoms with van der Waals surface area (Å²) < 4.78 is 1.91. The van der Waals surface area contributed by atoms with Gasteiger partial charge < -0.3 is 5.32 Å². The van der Waals surface area contributed by atoms with Crippen LogP contribution >= 0.6 is 43.2 Å². The molecule has 17 heavy (non-hydrogen) atoms. The molecule has 0 radical (unpaired) electrons. The van der Waals surface area contributed by atoms with Gasteiger partial charge >= 0.3 is 0 Å². The Labute approximate surface area is 122 Å². The van der Waals surface area contributed by atoms with Crippen LogP contribution in [0.2, 0.25) is 0 Å². The van der Waals surface area contributed by atoms with Crippen molar-refractivity contribution in [1.29, 1.82) is 0 Å². The van der Waals surface area contributed by atoms with E-state index in [1.807, 2.05) is 6.07 Å². The van der Waals surface area contributed by atoms with E-state index in [2.05, 4.69) is 44.1 Å². The Kier molecular flexibility index (Phi) is 4.31. The van der Waals surface area contributed by atoms with E-state index in [-0.39, 0.29) is 11.4 Å².